The largest absolute Gasteiger partial charge is 0.476 e. The molecule has 1 aliphatic rings. The second-order valence-corrected chi connectivity index (χ2v) is 4.48. The van der Waals surface area contributed by atoms with Crippen molar-refractivity contribution in [3.8, 4) is 5.88 Å². The summed E-state index contributed by atoms with van der Waals surface area (Å²) in [4.78, 5) is 10.6. The van der Waals surface area contributed by atoms with Crippen LogP contribution in [-0.4, -0.2) is 27.4 Å². The number of rotatable bonds is 3. The van der Waals surface area contributed by atoms with Crippen LogP contribution in [-0.2, 0) is 0 Å². The monoisotopic (exact) mass is 236 g/mol. The molecule has 17 heavy (non-hydrogen) atoms. The first-order valence-corrected chi connectivity index (χ1v) is 5.90. The van der Waals surface area contributed by atoms with E-state index in [9.17, 15) is 4.79 Å². The molecular weight excluding hydrogens is 220 g/mol. The third-order valence-corrected chi connectivity index (χ3v) is 3.16. The Morgan fingerprint density at radius 1 is 1.35 bits per heavy atom. The summed E-state index contributed by atoms with van der Waals surface area (Å²) < 4.78 is 5.74. The standard InChI is InChI=1S/C12H16N2O3/c1-8-4-2-3-5-10(8)17-11-7-6-9(12(15)16)13-14-11/h6-8,10H,2-5H2,1H3,(H,15,16). The van der Waals surface area contributed by atoms with Crippen molar-refractivity contribution in [1.82, 2.24) is 10.2 Å². The smallest absolute Gasteiger partial charge is 0.356 e. The predicted molar refractivity (Wildman–Crippen MR) is 61.0 cm³/mol. The van der Waals surface area contributed by atoms with Gasteiger partial charge in [-0.05, 0) is 31.2 Å². The maximum atomic E-state index is 10.6. The molecule has 5 heteroatoms. The van der Waals surface area contributed by atoms with E-state index in [2.05, 4.69) is 17.1 Å². The first-order valence-electron chi connectivity index (χ1n) is 5.90. The second kappa shape index (κ2) is 5.12. The minimum Gasteiger partial charge on any atom is -0.476 e. The van der Waals surface area contributed by atoms with Gasteiger partial charge in [0.1, 0.15) is 6.10 Å². The van der Waals surface area contributed by atoms with Crippen LogP contribution in [0.15, 0.2) is 12.1 Å². The SMILES string of the molecule is CC1CCCCC1Oc1ccc(C(=O)O)nn1. The van der Waals surface area contributed by atoms with Gasteiger partial charge in [-0.1, -0.05) is 13.3 Å². The Morgan fingerprint density at radius 2 is 2.12 bits per heavy atom. The molecule has 1 fully saturated rings. The molecule has 2 atom stereocenters. The van der Waals surface area contributed by atoms with Gasteiger partial charge in [0.25, 0.3) is 0 Å². The molecule has 0 saturated heterocycles. The van der Waals surface area contributed by atoms with Gasteiger partial charge >= 0.3 is 5.97 Å². The number of carboxylic acid groups (broad SMARTS) is 1. The van der Waals surface area contributed by atoms with E-state index < -0.39 is 5.97 Å². The lowest BCUT2D eigenvalue weighted by atomic mass is 9.88. The minimum atomic E-state index is -1.07. The normalized spacial score (nSPS) is 24.3. The van der Waals surface area contributed by atoms with Gasteiger partial charge in [-0.15, -0.1) is 10.2 Å². The van der Waals surface area contributed by atoms with E-state index >= 15 is 0 Å². The lowest BCUT2D eigenvalue weighted by Crippen LogP contribution is -2.28. The molecule has 1 heterocycles. The van der Waals surface area contributed by atoms with Crippen LogP contribution in [0.4, 0.5) is 0 Å². The molecule has 92 valence electrons. The third kappa shape index (κ3) is 2.93. The van der Waals surface area contributed by atoms with Crippen molar-refractivity contribution >= 4 is 5.97 Å². The second-order valence-electron chi connectivity index (χ2n) is 4.48. The van der Waals surface area contributed by atoms with Crippen LogP contribution in [0.1, 0.15) is 43.1 Å². The summed E-state index contributed by atoms with van der Waals surface area (Å²) in [6.45, 7) is 2.17. The zero-order chi connectivity index (χ0) is 12.3. The van der Waals surface area contributed by atoms with E-state index in [1.54, 1.807) is 6.07 Å². The summed E-state index contributed by atoms with van der Waals surface area (Å²) in [5.41, 5.74) is -0.0611. The van der Waals surface area contributed by atoms with Crippen molar-refractivity contribution in [2.24, 2.45) is 5.92 Å². The van der Waals surface area contributed by atoms with Gasteiger partial charge < -0.3 is 9.84 Å². The Hall–Kier alpha value is -1.65. The van der Waals surface area contributed by atoms with E-state index in [4.69, 9.17) is 9.84 Å². The maximum Gasteiger partial charge on any atom is 0.356 e. The Labute approximate surface area is 99.8 Å². The molecule has 1 aromatic rings. The van der Waals surface area contributed by atoms with Crippen molar-refractivity contribution in [3.63, 3.8) is 0 Å². The van der Waals surface area contributed by atoms with Crippen LogP contribution >= 0.6 is 0 Å². The van der Waals surface area contributed by atoms with E-state index in [0.717, 1.165) is 6.42 Å². The Kier molecular flexibility index (Phi) is 3.56. The Morgan fingerprint density at radius 3 is 2.71 bits per heavy atom. The molecule has 0 aromatic carbocycles. The molecule has 0 amide bonds. The Bertz CT molecular complexity index is 391. The Balaban J connectivity index is 2.00. The highest BCUT2D eigenvalue weighted by atomic mass is 16.5. The average Bonchev–Trinajstić information content (AvgIpc) is 2.33. The molecule has 0 spiro atoms. The van der Waals surface area contributed by atoms with Crippen LogP contribution in [0.3, 0.4) is 0 Å². The molecule has 0 bridgehead atoms. The van der Waals surface area contributed by atoms with E-state index in [1.807, 2.05) is 0 Å². The third-order valence-electron chi connectivity index (χ3n) is 3.16. The molecule has 1 aromatic heterocycles. The molecule has 1 N–H and O–H groups in total. The van der Waals surface area contributed by atoms with Gasteiger partial charge in [-0.25, -0.2) is 4.79 Å². The van der Waals surface area contributed by atoms with Crippen molar-refractivity contribution in [3.05, 3.63) is 17.8 Å². The minimum absolute atomic E-state index is 0.0611. The van der Waals surface area contributed by atoms with E-state index in [0.29, 0.717) is 11.8 Å². The number of carbonyl (C=O) groups is 1. The fraction of sp³-hybridized carbons (Fsp3) is 0.583. The first kappa shape index (κ1) is 11.8. The van der Waals surface area contributed by atoms with Gasteiger partial charge in [0.05, 0.1) is 0 Å². The average molecular weight is 236 g/mol. The maximum absolute atomic E-state index is 10.6. The summed E-state index contributed by atoms with van der Waals surface area (Å²) >= 11 is 0. The number of aromatic nitrogens is 2. The number of aromatic carboxylic acids is 1. The molecule has 2 rings (SSSR count). The number of hydrogen-bond donors (Lipinski definition) is 1. The zero-order valence-electron chi connectivity index (χ0n) is 9.80. The van der Waals surface area contributed by atoms with Gasteiger partial charge in [-0.2, -0.15) is 0 Å². The van der Waals surface area contributed by atoms with Crippen molar-refractivity contribution in [2.45, 2.75) is 38.7 Å². The summed E-state index contributed by atoms with van der Waals surface area (Å²) in [5.74, 6) is -0.145. The quantitative estimate of drug-likeness (QED) is 0.870. The van der Waals surface area contributed by atoms with E-state index in [1.165, 1.54) is 25.3 Å². The number of hydrogen-bond acceptors (Lipinski definition) is 4. The van der Waals surface area contributed by atoms with Crippen LogP contribution < -0.4 is 4.74 Å². The van der Waals surface area contributed by atoms with Crippen molar-refractivity contribution in [1.29, 1.82) is 0 Å². The summed E-state index contributed by atoms with van der Waals surface area (Å²) in [7, 11) is 0. The molecule has 2 unspecified atom stereocenters. The molecule has 1 saturated carbocycles. The highest BCUT2D eigenvalue weighted by molar-refractivity contribution is 5.84. The van der Waals surface area contributed by atoms with Gasteiger partial charge in [0.15, 0.2) is 5.69 Å². The van der Waals surface area contributed by atoms with Crippen LogP contribution in [0, 0.1) is 5.92 Å². The highest BCUT2D eigenvalue weighted by Gasteiger charge is 2.23. The molecular formula is C12H16N2O3. The summed E-state index contributed by atoms with van der Waals surface area (Å²) in [6.07, 6.45) is 4.81. The van der Waals surface area contributed by atoms with Crippen LogP contribution in [0.25, 0.3) is 0 Å². The van der Waals surface area contributed by atoms with Crippen molar-refractivity contribution < 1.29 is 14.6 Å². The fourth-order valence-electron chi connectivity index (χ4n) is 2.11. The lowest BCUT2D eigenvalue weighted by Gasteiger charge is -2.28. The van der Waals surface area contributed by atoms with Gasteiger partial charge in [0.2, 0.25) is 5.88 Å². The highest BCUT2D eigenvalue weighted by Crippen LogP contribution is 2.27. The lowest BCUT2D eigenvalue weighted by molar-refractivity contribution is 0.0687. The number of ether oxygens (including phenoxy) is 1. The van der Waals surface area contributed by atoms with Gasteiger partial charge in [0, 0.05) is 6.07 Å². The zero-order valence-corrected chi connectivity index (χ0v) is 9.80. The fourth-order valence-corrected chi connectivity index (χ4v) is 2.11. The topological polar surface area (TPSA) is 72.3 Å². The predicted octanol–water partition coefficient (Wildman–Crippen LogP) is 2.13. The van der Waals surface area contributed by atoms with E-state index in [-0.39, 0.29) is 11.8 Å². The molecule has 0 aliphatic heterocycles. The molecule has 5 nitrogen and oxygen atoms in total. The molecule has 1 aliphatic carbocycles. The van der Waals surface area contributed by atoms with Crippen LogP contribution in [0.5, 0.6) is 5.88 Å². The summed E-state index contributed by atoms with van der Waals surface area (Å²) in [6, 6.07) is 2.98. The number of nitrogens with zero attached hydrogens (tertiary/aromatic N) is 2. The molecule has 0 radical (unpaired) electrons. The first-order chi connectivity index (χ1) is 8.16. The summed E-state index contributed by atoms with van der Waals surface area (Å²) in [5, 5.41) is 16.1. The van der Waals surface area contributed by atoms with Gasteiger partial charge in [-0.3, -0.25) is 0 Å². The number of carboxylic acids is 1. The van der Waals surface area contributed by atoms with Crippen LogP contribution in [0.2, 0.25) is 0 Å². The van der Waals surface area contributed by atoms with Crippen molar-refractivity contribution in [2.75, 3.05) is 0 Å².